The van der Waals surface area contributed by atoms with Crippen LogP contribution in [0.15, 0.2) is 24.3 Å². The molecule has 1 aliphatic rings. The number of nitrogens with zero attached hydrogens (tertiary/aromatic N) is 1. The molecule has 0 radical (unpaired) electrons. The van der Waals surface area contributed by atoms with Crippen LogP contribution in [0.1, 0.15) is 45.1 Å². The van der Waals surface area contributed by atoms with Gasteiger partial charge in [0.05, 0.1) is 4.92 Å². The third-order valence-electron chi connectivity index (χ3n) is 4.82. The van der Waals surface area contributed by atoms with Gasteiger partial charge in [0.15, 0.2) is 0 Å². The van der Waals surface area contributed by atoms with E-state index in [2.05, 4.69) is 29.8 Å². The molecule has 0 heterocycles. The van der Waals surface area contributed by atoms with E-state index in [9.17, 15) is 10.1 Å². The summed E-state index contributed by atoms with van der Waals surface area (Å²) < 4.78 is 0. The summed E-state index contributed by atoms with van der Waals surface area (Å²) in [6.07, 6.45) is 6.09. The summed E-state index contributed by atoms with van der Waals surface area (Å²) >= 11 is 3.85. The third-order valence-corrected chi connectivity index (χ3v) is 6.03. The van der Waals surface area contributed by atoms with E-state index in [1.165, 1.54) is 24.8 Å². The molecule has 3 atom stereocenters. The zero-order valence-electron chi connectivity index (χ0n) is 12.8. The van der Waals surface area contributed by atoms with Crippen LogP contribution in [0, 0.1) is 27.9 Å². The second-order valence-electron chi connectivity index (χ2n) is 6.56. The van der Waals surface area contributed by atoms with E-state index < -0.39 is 0 Å². The number of nitro benzene ring substituents is 1. The summed E-state index contributed by atoms with van der Waals surface area (Å²) in [5.74, 6) is 2.34. The molecule has 0 spiro atoms. The number of rotatable bonds is 5. The monoisotopic (exact) mass is 353 g/mol. The molecule has 0 bridgehead atoms. The highest BCUT2D eigenvalue weighted by Crippen LogP contribution is 2.39. The maximum atomic E-state index is 10.7. The number of aryl methyl sites for hydroxylation is 1. The van der Waals surface area contributed by atoms with Crippen LogP contribution in [-0.2, 0) is 6.42 Å². The quantitative estimate of drug-likeness (QED) is 0.406. The van der Waals surface area contributed by atoms with Gasteiger partial charge < -0.3 is 0 Å². The van der Waals surface area contributed by atoms with E-state index in [0.717, 1.165) is 30.6 Å². The molecule has 2 rings (SSSR count). The average molecular weight is 354 g/mol. The summed E-state index contributed by atoms with van der Waals surface area (Å²) in [7, 11) is 0. The van der Waals surface area contributed by atoms with Gasteiger partial charge >= 0.3 is 0 Å². The summed E-state index contributed by atoms with van der Waals surface area (Å²) in [6, 6.07) is 7.01. The molecule has 3 nitrogen and oxygen atoms in total. The van der Waals surface area contributed by atoms with Gasteiger partial charge in [-0.05, 0) is 55.4 Å². The van der Waals surface area contributed by atoms with Crippen molar-refractivity contribution in [2.75, 3.05) is 0 Å². The minimum atomic E-state index is -0.341. The van der Waals surface area contributed by atoms with Crippen molar-refractivity contribution in [2.24, 2.45) is 17.8 Å². The average Bonchev–Trinajstić information content (AvgIpc) is 2.46. The topological polar surface area (TPSA) is 43.1 Å². The predicted octanol–water partition coefficient (Wildman–Crippen LogP) is 5.36. The van der Waals surface area contributed by atoms with Gasteiger partial charge in [-0.2, -0.15) is 0 Å². The Morgan fingerprint density at radius 1 is 1.29 bits per heavy atom. The molecule has 4 heteroatoms. The third kappa shape index (κ3) is 4.53. The molecule has 21 heavy (non-hydrogen) atoms. The Morgan fingerprint density at radius 2 is 1.95 bits per heavy atom. The van der Waals surface area contributed by atoms with Gasteiger partial charge in [0, 0.05) is 17.0 Å². The maximum Gasteiger partial charge on any atom is 0.269 e. The highest BCUT2D eigenvalue weighted by molar-refractivity contribution is 9.09. The van der Waals surface area contributed by atoms with Crippen molar-refractivity contribution in [1.29, 1.82) is 0 Å². The van der Waals surface area contributed by atoms with Gasteiger partial charge in [-0.3, -0.25) is 10.1 Å². The summed E-state index contributed by atoms with van der Waals surface area (Å²) in [5.41, 5.74) is 1.38. The van der Waals surface area contributed by atoms with E-state index in [1.807, 2.05) is 12.1 Å². The highest BCUT2D eigenvalue weighted by atomic mass is 79.9. The number of alkyl halides is 1. The van der Waals surface area contributed by atoms with Gasteiger partial charge in [-0.25, -0.2) is 0 Å². The lowest BCUT2D eigenvalue weighted by molar-refractivity contribution is -0.384. The Kier molecular flexibility index (Phi) is 5.80. The molecule has 1 saturated carbocycles. The standard InChI is InChI=1S/C17H24BrNO2/c1-12(2)14-7-10-17(18)15(11-14)6-3-13-4-8-16(9-5-13)19(20)21/h4-5,8-9,12,14-15,17H,3,6-7,10-11H2,1-2H3. The summed E-state index contributed by atoms with van der Waals surface area (Å²) in [6.45, 7) is 4.65. The number of hydrogen-bond acceptors (Lipinski definition) is 2. The van der Waals surface area contributed by atoms with E-state index in [1.54, 1.807) is 12.1 Å². The lowest BCUT2D eigenvalue weighted by atomic mass is 9.74. The van der Waals surface area contributed by atoms with Crippen LogP contribution in [0.25, 0.3) is 0 Å². The van der Waals surface area contributed by atoms with Gasteiger partial charge in [-0.1, -0.05) is 41.9 Å². The second kappa shape index (κ2) is 7.39. The van der Waals surface area contributed by atoms with E-state index >= 15 is 0 Å². The van der Waals surface area contributed by atoms with Gasteiger partial charge in [0.2, 0.25) is 0 Å². The molecule has 3 unspecified atom stereocenters. The zero-order valence-corrected chi connectivity index (χ0v) is 14.4. The lowest BCUT2D eigenvalue weighted by Gasteiger charge is -2.35. The molecule has 0 aromatic heterocycles. The first kappa shape index (κ1) is 16.5. The fraction of sp³-hybridized carbons (Fsp3) is 0.647. The van der Waals surface area contributed by atoms with Crippen LogP contribution < -0.4 is 0 Å². The Bertz CT molecular complexity index is 472. The Labute approximate surface area is 135 Å². The van der Waals surface area contributed by atoms with Crippen molar-refractivity contribution >= 4 is 21.6 Å². The normalized spacial score (nSPS) is 26.0. The predicted molar refractivity (Wildman–Crippen MR) is 89.8 cm³/mol. The van der Waals surface area contributed by atoms with Crippen LogP contribution in [-0.4, -0.2) is 9.75 Å². The SMILES string of the molecule is CC(C)C1CCC(Br)C(CCc2ccc([N+](=O)[O-])cc2)C1. The number of halogens is 1. The molecule has 1 fully saturated rings. The molecule has 0 saturated heterocycles. The highest BCUT2D eigenvalue weighted by Gasteiger charge is 2.29. The van der Waals surface area contributed by atoms with Gasteiger partial charge in [0.1, 0.15) is 0 Å². The van der Waals surface area contributed by atoms with Crippen molar-refractivity contribution in [3.63, 3.8) is 0 Å². The fourth-order valence-corrected chi connectivity index (χ4v) is 4.05. The van der Waals surface area contributed by atoms with Crippen molar-refractivity contribution in [2.45, 2.75) is 50.8 Å². The zero-order chi connectivity index (χ0) is 15.4. The Morgan fingerprint density at radius 3 is 2.52 bits per heavy atom. The summed E-state index contributed by atoms with van der Waals surface area (Å²) in [5, 5.41) is 10.7. The molecule has 1 aromatic carbocycles. The molecule has 116 valence electrons. The van der Waals surface area contributed by atoms with Crippen LogP contribution in [0.5, 0.6) is 0 Å². The first-order chi connectivity index (χ1) is 9.97. The first-order valence-corrected chi connectivity index (χ1v) is 8.76. The maximum absolute atomic E-state index is 10.7. The van der Waals surface area contributed by atoms with Crippen LogP contribution in [0.2, 0.25) is 0 Å². The molecule has 0 N–H and O–H groups in total. The number of nitro groups is 1. The summed E-state index contributed by atoms with van der Waals surface area (Å²) in [4.78, 5) is 10.9. The minimum absolute atomic E-state index is 0.176. The Balaban J connectivity index is 1.90. The number of non-ortho nitro benzene ring substituents is 1. The van der Waals surface area contributed by atoms with E-state index in [0.29, 0.717) is 4.83 Å². The number of benzene rings is 1. The smallest absolute Gasteiger partial charge is 0.258 e. The van der Waals surface area contributed by atoms with E-state index in [-0.39, 0.29) is 10.6 Å². The van der Waals surface area contributed by atoms with Crippen molar-refractivity contribution < 1.29 is 4.92 Å². The minimum Gasteiger partial charge on any atom is -0.258 e. The van der Waals surface area contributed by atoms with Crippen LogP contribution in [0.3, 0.4) is 0 Å². The first-order valence-electron chi connectivity index (χ1n) is 7.84. The van der Waals surface area contributed by atoms with Crippen molar-refractivity contribution in [1.82, 2.24) is 0 Å². The molecule has 1 aliphatic carbocycles. The molecule has 1 aromatic rings. The van der Waals surface area contributed by atoms with Gasteiger partial charge in [0.25, 0.3) is 5.69 Å². The van der Waals surface area contributed by atoms with Crippen molar-refractivity contribution in [3.8, 4) is 0 Å². The van der Waals surface area contributed by atoms with Crippen molar-refractivity contribution in [3.05, 3.63) is 39.9 Å². The molecule has 0 aliphatic heterocycles. The molecular formula is C17H24BrNO2. The lowest BCUT2D eigenvalue weighted by Crippen LogP contribution is -2.28. The van der Waals surface area contributed by atoms with E-state index in [4.69, 9.17) is 0 Å². The Hall–Kier alpha value is -0.900. The largest absolute Gasteiger partial charge is 0.269 e. The van der Waals surface area contributed by atoms with Crippen LogP contribution in [0.4, 0.5) is 5.69 Å². The fourth-order valence-electron chi connectivity index (χ4n) is 3.30. The second-order valence-corrected chi connectivity index (χ2v) is 7.73. The number of hydrogen-bond donors (Lipinski definition) is 0. The molecular weight excluding hydrogens is 330 g/mol. The molecule has 0 amide bonds. The van der Waals surface area contributed by atoms with Gasteiger partial charge in [-0.15, -0.1) is 0 Å². The van der Waals surface area contributed by atoms with Crippen LogP contribution >= 0.6 is 15.9 Å².